The molecule has 94 valence electrons. The van der Waals surface area contributed by atoms with Gasteiger partial charge in [-0.05, 0) is 18.9 Å². The second kappa shape index (κ2) is 6.12. The Kier molecular flexibility index (Phi) is 4.51. The molecule has 0 saturated carbocycles. The lowest BCUT2D eigenvalue weighted by Crippen LogP contribution is -2.56. The number of hydrogen-bond donors (Lipinski definition) is 1. The maximum absolute atomic E-state index is 12.4. The Morgan fingerprint density at radius 1 is 1.35 bits per heavy atom. The highest BCUT2D eigenvalue weighted by atomic mass is 19.1. The molecule has 0 bridgehead atoms. The molecule has 0 spiro atoms. The molecule has 2 nitrogen and oxygen atoms in total. The third-order valence-corrected chi connectivity index (χ3v) is 3.48. The van der Waals surface area contributed by atoms with Crippen LogP contribution < -0.4 is 5.32 Å². The molecule has 1 heterocycles. The Morgan fingerprint density at radius 3 is 2.82 bits per heavy atom. The molecule has 1 N–H and O–H groups in total. The molecule has 1 fully saturated rings. The summed E-state index contributed by atoms with van der Waals surface area (Å²) in [6.07, 6.45) is 1.02. The number of alkyl halides is 1. The molecule has 0 aliphatic carbocycles. The van der Waals surface area contributed by atoms with Gasteiger partial charge in [-0.3, -0.25) is 4.90 Å². The van der Waals surface area contributed by atoms with E-state index in [1.807, 2.05) is 6.07 Å². The first-order valence-corrected chi connectivity index (χ1v) is 6.37. The van der Waals surface area contributed by atoms with Gasteiger partial charge in [0.2, 0.25) is 0 Å². The molecule has 1 aromatic rings. The van der Waals surface area contributed by atoms with Crippen LogP contribution in [-0.4, -0.2) is 43.3 Å². The van der Waals surface area contributed by atoms with Gasteiger partial charge < -0.3 is 5.32 Å². The van der Waals surface area contributed by atoms with Crippen LogP contribution in [0.25, 0.3) is 0 Å². The SMILES string of the molecule is CC1CNC(Cc2ccccc2)CN1CCF. The van der Waals surface area contributed by atoms with E-state index in [4.69, 9.17) is 0 Å². The second-order valence-corrected chi connectivity index (χ2v) is 4.83. The van der Waals surface area contributed by atoms with Gasteiger partial charge in [0.25, 0.3) is 0 Å². The van der Waals surface area contributed by atoms with E-state index < -0.39 is 0 Å². The summed E-state index contributed by atoms with van der Waals surface area (Å²) in [7, 11) is 0. The van der Waals surface area contributed by atoms with Crippen LogP contribution in [0.3, 0.4) is 0 Å². The minimum absolute atomic E-state index is 0.248. The van der Waals surface area contributed by atoms with Crippen LogP contribution >= 0.6 is 0 Å². The van der Waals surface area contributed by atoms with Crippen LogP contribution in [0.5, 0.6) is 0 Å². The smallest absolute Gasteiger partial charge is 0.102 e. The van der Waals surface area contributed by atoms with Gasteiger partial charge >= 0.3 is 0 Å². The molecule has 2 rings (SSSR count). The van der Waals surface area contributed by atoms with E-state index in [2.05, 4.69) is 41.4 Å². The highest BCUT2D eigenvalue weighted by Gasteiger charge is 2.24. The topological polar surface area (TPSA) is 15.3 Å². The van der Waals surface area contributed by atoms with Crippen molar-refractivity contribution in [2.24, 2.45) is 0 Å². The maximum Gasteiger partial charge on any atom is 0.102 e. The van der Waals surface area contributed by atoms with Crippen LogP contribution in [0.4, 0.5) is 4.39 Å². The van der Waals surface area contributed by atoms with Crippen LogP contribution in [0, 0.1) is 0 Å². The monoisotopic (exact) mass is 236 g/mol. The second-order valence-electron chi connectivity index (χ2n) is 4.83. The molecule has 3 heteroatoms. The quantitative estimate of drug-likeness (QED) is 0.858. The fourth-order valence-electron chi connectivity index (χ4n) is 2.45. The molecule has 0 aromatic heterocycles. The van der Waals surface area contributed by atoms with Crippen molar-refractivity contribution in [2.45, 2.75) is 25.4 Å². The van der Waals surface area contributed by atoms with Gasteiger partial charge in [-0.1, -0.05) is 30.3 Å². The standard InChI is InChI=1S/C14H21FN2/c1-12-10-16-14(11-17(12)8-7-15)9-13-5-3-2-4-6-13/h2-6,12,14,16H,7-11H2,1H3. The van der Waals surface area contributed by atoms with Crippen molar-refractivity contribution in [3.05, 3.63) is 35.9 Å². The molecule has 0 radical (unpaired) electrons. The number of rotatable bonds is 4. The fraction of sp³-hybridized carbons (Fsp3) is 0.571. The molecule has 2 unspecified atom stereocenters. The maximum atomic E-state index is 12.4. The Labute approximate surface area is 103 Å². The van der Waals surface area contributed by atoms with E-state index in [0.29, 0.717) is 18.6 Å². The van der Waals surface area contributed by atoms with Crippen molar-refractivity contribution in [2.75, 3.05) is 26.3 Å². The molecule has 1 aliphatic heterocycles. The zero-order valence-corrected chi connectivity index (χ0v) is 10.4. The van der Waals surface area contributed by atoms with Crippen LogP contribution in [0.15, 0.2) is 30.3 Å². The summed E-state index contributed by atoms with van der Waals surface area (Å²) in [4.78, 5) is 2.24. The largest absolute Gasteiger partial charge is 0.311 e. The summed E-state index contributed by atoms with van der Waals surface area (Å²) < 4.78 is 12.4. The summed E-state index contributed by atoms with van der Waals surface area (Å²) in [5.74, 6) is 0. The molecule has 2 atom stereocenters. The summed E-state index contributed by atoms with van der Waals surface area (Å²) in [6.45, 7) is 4.37. The highest BCUT2D eigenvalue weighted by molar-refractivity contribution is 5.16. The first-order chi connectivity index (χ1) is 8.29. The molecule has 1 aliphatic rings. The lowest BCUT2D eigenvalue weighted by atomic mass is 10.0. The fourth-order valence-corrected chi connectivity index (χ4v) is 2.45. The van der Waals surface area contributed by atoms with Gasteiger partial charge in [-0.25, -0.2) is 4.39 Å². The predicted octanol–water partition coefficient (Wildman–Crippen LogP) is 1.86. The van der Waals surface area contributed by atoms with Gasteiger partial charge in [-0.2, -0.15) is 0 Å². The number of piperazine rings is 1. The predicted molar refractivity (Wildman–Crippen MR) is 68.9 cm³/mol. The van der Waals surface area contributed by atoms with Crippen molar-refractivity contribution in [1.82, 2.24) is 10.2 Å². The van der Waals surface area contributed by atoms with E-state index in [-0.39, 0.29) is 6.67 Å². The summed E-state index contributed by atoms with van der Waals surface area (Å²) in [6, 6.07) is 11.4. The van der Waals surface area contributed by atoms with Crippen LogP contribution in [-0.2, 0) is 6.42 Å². The van der Waals surface area contributed by atoms with E-state index in [9.17, 15) is 4.39 Å². The summed E-state index contributed by atoms with van der Waals surface area (Å²) in [5.41, 5.74) is 1.35. The molecule has 1 aromatic carbocycles. The third kappa shape index (κ3) is 3.51. The van der Waals surface area contributed by atoms with Gasteiger partial charge in [-0.15, -0.1) is 0 Å². The number of hydrogen-bond acceptors (Lipinski definition) is 2. The first-order valence-electron chi connectivity index (χ1n) is 6.37. The minimum atomic E-state index is -0.248. The Balaban J connectivity index is 1.90. The highest BCUT2D eigenvalue weighted by Crippen LogP contribution is 2.11. The van der Waals surface area contributed by atoms with Crippen molar-refractivity contribution in [3.63, 3.8) is 0 Å². The summed E-state index contributed by atoms with van der Waals surface area (Å²) >= 11 is 0. The van der Waals surface area contributed by atoms with E-state index in [1.54, 1.807) is 0 Å². The number of benzene rings is 1. The number of halogens is 1. The zero-order chi connectivity index (χ0) is 12.1. The minimum Gasteiger partial charge on any atom is -0.311 e. The van der Waals surface area contributed by atoms with E-state index in [0.717, 1.165) is 19.5 Å². The lowest BCUT2D eigenvalue weighted by Gasteiger charge is -2.38. The molecular formula is C14H21FN2. The molecular weight excluding hydrogens is 215 g/mol. The van der Waals surface area contributed by atoms with Gasteiger partial charge in [0.15, 0.2) is 0 Å². The van der Waals surface area contributed by atoms with Crippen molar-refractivity contribution < 1.29 is 4.39 Å². The number of nitrogens with zero attached hydrogens (tertiary/aromatic N) is 1. The average Bonchev–Trinajstić information content (AvgIpc) is 2.35. The Morgan fingerprint density at radius 2 is 2.12 bits per heavy atom. The van der Waals surface area contributed by atoms with E-state index >= 15 is 0 Å². The number of nitrogens with one attached hydrogen (secondary N) is 1. The third-order valence-electron chi connectivity index (χ3n) is 3.48. The van der Waals surface area contributed by atoms with Crippen LogP contribution in [0.2, 0.25) is 0 Å². The molecule has 0 amide bonds. The normalized spacial score (nSPS) is 26.0. The first kappa shape index (κ1) is 12.5. The molecule has 1 saturated heterocycles. The van der Waals surface area contributed by atoms with E-state index in [1.165, 1.54) is 5.56 Å². The van der Waals surface area contributed by atoms with Gasteiger partial charge in [0.05, 0.1) is 0 Å². The zero-order valence-electron chi connectivity index (χ0n) is 10.4. The van der Waals surface area contributed by atoms with Crippen molar-refractivity contribution in [1.29, 1.82) is 0 Å². The lowest BCUT2D eigenvalue weighted by molar-refractivity contribution is 0.131. The molecule has 17 heavy (non-hydrogen) atoms. The summed E-state index contributed by atoms with van der Waals surface area (Å²) in [5, 5.41) is 3.54. The van der Waals surface area contributed by atoms with Crippen molar-refractivity contribution >= 4 is 0 Å². The average molecular weight is 236 g/mol. The van der Waals surface area contributed by atoms with Gasteiger partial charge in [0, 0.05) is 31.7 Å². The van der Waals surface area contributed by atoms with Crippen LogP contribution in [0.1, 0.15) is 12.5 Å². The van der Waals surface area contributed by atoms with Gasteiger partial charge in [0.1, 0.15) is 6.67 Å². The Bertz CT molecular complexity index is 328. The van der Waals surface area contributed by atoms with Crippen molar-refractivity contribution in [3.8, 4) is 0 Å². The Hall–Kier alpha value is -0.930.